The Morgan fingerprint density at radius 1 is 1.46 bits per heavy atom. The fraction of sp³-hybridized carbons (Fsp3) is 0.500. The second kappa shape index (κ2) is 7.40. The first-order valence-electron chi connectivity index (χ1n) is 9.21. The quantitative estimate of drug-likeness (QED) is 0.815. The van der Waals surface area contributed by atoms with Crippen LogP contribution in [0, 0.1) is 29.6 Å². The van der Waals surface area contributed by atoms with Gasteiger partial charge in [0.05, 0.1) is 11.9 Å². The van der Waals surface area contributed by atoms with Gasteiger partial charge >= 0.3 is 5.97 Å². The molecule has 0 aromatic carbocycles. The summed E-state index contributed by atoms with van der Waals surface area (Å²) in [5.74, 6) is -0.876. The number of aromatic nitrogens is 2. The Bertz CT molecular complexity index is 975. The third-order valence-electron chi connectivity index (χ3n) is 5.47. The van der Waals surface area contributed by atoms with Gasteiger partial charge in [-0.1, -0.05) is 20.8 Å². The number of nitrogens with one attached hydrogen (secondary N) is 1. The molecule has 0 radical (unpaired) electrons. The van der Waals surface area contributed by atoms with Crippen LogP contribution in [-0.4, -0.2) is 26.5 Å². The summed E-state index contributed by atoms with van der Waals surface area (Å²) < 4.78 is 1.49. The molecule has 7 nitrogen and oxygen atoms in total. The molecule has 8 heteroatoms. The van der Waals surface area contributed by atoms with E-state index in [1.807, 2.05) is 0 Å². The fourth-order valence-electron chi connectivity index (χ4n) is 3.67. The molecule has 1 amide bonds. The van der Waals surface area contributed by atoms with Crippen LogP contribution in [0.25, 0.3) is 0 Å². The average molecular weight is 401 g/mol. The minimum atomic E-state index is -1.12. The highest BCUT2D eigenvalue weighted by Crippen LogP contribution is 2.43. The number of carboxylic acids is 1. The predicted molar refractivity (Wildman–Crippen MR) is 107 cm³/mol. The lowest BCUT2D eigenvalue weighted by atomic mass is 9.72. The van der Waals surface area contributed by atoms with Gasteiger partial charge in [0.2, 0.25) is 5.91 Å². The Labute approximate surface area is 168 Å². The van der Waals surface area contributed by atoms with E-state index in [1.165, 1.54) is 27.1 Å². The second-order valence-electron chi connectivity index (χ2n) is 8.29. The maximum atomic E-state index is 12.5. The molecule has 0 saturated heterocycles. The van der Waals surface area contributed by atoms with Gasteiger partial charge in [0, 0.05) is 10.6 Å². The normalized spacial score (nSPS) is 16.3. The van der Waals surface area contributed by atoms with E-state index in [-0.39, 0.29) is 23.6 Å². The van der Waals surface area contributed by atoms with E-state index in [2.05, 4.69) is 37.1 Å². The lowest BCUT2D eigenvalue weighted by molar-refractivity contribution is -0.116. The largest absolute Gasteiger partial charge is 0.476 e. The number of hydrogen-bond donors (Lipinski definition) is 2. The number of aromatic carboxylic acids is 1. The summed E-state index contributed by atoms with van der Waals surface area (Å²) >= 11 is 1.49. The van der Waals surface area contributed by atoms with E-state index in [9.17, 15) is 14.9 Å². The Hall–Kier alpha value is -2.66. The first-order chi connectivity index (χ1) is 13.1. The summed E-state index contributed by atoms with van der Waals surface area (Å²) in [5, 5.41) is 22.1. The highest BCUT2D eigenvalue weighted by molar-refractivity contribution is 7.16. The van der Waals surface area contributed by atoms with Crippen LogP contribution in [0.4, 0.5) is 5.00 Å². The Kier molecular flexibility index (Phi) is 5.31. The van der Waals surface area contributed by atoms with Crippen molar-refractivity contribution in [2.75, 3.05) is 5.32 Å². The molecule has 148 valence electrons. The number of imidazole rings is 1. The molecule has 28 heavy (non-hydrogen) atoms. The highest BCUT2D eigenvalue weighted by atomic mass is 32.1. The molecule has 2 N–H and O–H groups in total. The number of carboxylic acid groups (broad SMARTS) is 1. The number of carbonyl (C=O) groups is 2. The van der Waals surface area contributed by atoms with Gasteiger partial charge < -0.3 is 15.0 Å². The van der Waals surface area contributed by atoms with E-state index in [0.717, 1.165) is 24.8 Å². The number of thiophene rings is 1. The minimum absolute atomic E-state index is 0.0514. The molecule has 0 aliphatic heterocycles. The third kappa shape index (κ3) is 3.80. The van der Waals surface area contributed by atoms with E-state index < -0.39 is 5.97 Å². The molecule has 1 atom stereocenters. The predicted octanol–water partition coefficient (Wildman–Crippen LogP) is 3.61. The Morgan fingerprint density at radius 2 is 2.18 bits per heavy atom. The summed E-state index contributed by atoms with van der Waals surface area (Å²) in [6, 6.07) is 2.26. The molecular weight excluding hydrogens is 376 g/mol. The van der Waals surface area contributed by atoms with E-state index in [0.29, 0.717) is 22.2 Å². The molecule has 2 aromatic heterocycles. The van der Waals surface area contributed by atoms with Gasteiger partial charge in [-0.15, -0.1) is 11.3 Å². The van der Waals surface area contributed by atoms with Gasteiger partial charge in [0.25, 0.3) is 0 Å². The number of rotatable bonds is 4. The molecule has 1 aliphatic carbocycles. The van der Waals surface area contributed by atoms with Gasteiger partial charge in [-0.3, -0.25) is 4.79 Å². The van der Waals surface area contributed by atoms with Crippen molar-refractivity contribution in [2.45, 2.75) is 53.5 Å². The third-order valence-corrected chi connectivity index (χ3v) is 6.64. The maximum Gasteiger partial charge on any atom is 0.356 e. The fourth-order valence-corrected chi connectivity index (χ4v) is 4.96. The zero-order chi connectivity index (χ0) is 20.6. The standard InChI is InChI=1S/C20H24N4O3S/c1-11-17(19(26)27)22-10-24(11)9-16(25)23-18-14(8-21)13-6-5-12(20(2,3)4)7-15(13)28-18/h10,12H,5-7,9H2,1-4H3,(H,23,25)(H,26,27). The van der Waals surface area contributed by atoms with Crippen molar-refractivity contribution in [1.29, 1.82) is 5.26 Å². The number of hydrogen-bond acceptors (Lipinski definition) is 5. The van der Waals surface area contributed by atoms with Gasteiger partial charge in [0.1, 0.15) is 17.6 Å². The van der Waals surface area contributed by atoms with Crippen LogP contribution < -0.4 is 5.32 Å². The molecular formula is C20H24N4O3S. The Morgan fingerprint density at radius 3 is 2.75 bits per heavy atom. The monoisotopic (exact) mass is 400 g/mol. The van der Waals surface area contributed by atoms with Crippen LogP contribution in [0.5, 0.6) is 0 Å². The molecule has 0 bridgehead atoms. The summed E-state index contributed by atoms with van der Waals surface area (Å²) in [7, 11) is 0. The van der Waals surface area contributed by atoms with Crippen LogP contribution in [-0.2, 0) is 24.2 Å². The molecule has 1 aliphatic rings. The van der Waals surface area contributed by atoms with Crippen LogP contribution in [0.1, 0.15) is 59.4 Å². The molecule has 2 aromatic rings. The van der Waals surface area contributed by atoms with Gasteiger partial charge in [-0.05, 0) is 43.1 Å². The molecule has 1 unspecified atom stereocenters. The van der Waals surface area contributed by atoms with Gasteiger partial charge in [-0.2, -0.15) is 5.26 Å². The smallest absolute Gasteiger partial charge is 0.356 e. The van der Waals surface area contributed by atoms with Crippen molar-refractivity contribution in [1.82, 2.24) is 9.55 Å². The number of anilines is 1. The SMILES string of the molecule is Cc1c(C(=O)O)ncn1CC(=O)Nc1sc2c(c1C#N)CCC(C(C)(C)C)C2. The number of carbonyl (C=O) groups excluding carboxylic acids is 1. The summed E-state index contributed by atoms with van der Waals surface area (Å²) in [6.07, 6.45) is 4.17. The molecule has 0 saturated carbocycles. The zero-order valence-electron chi connectivity index (χ0n) is 16.5. The summed E-state index contributed by atoms with van der Waals surface area (Å²) in [4.78, 5) is 28.6. The van der Waals surface area contributed by atoms with Crippen molar-refractivity contribution < 1.29 is 14.7 Å². The minimum Gasteiger partial charge on any atom is -0.476 e. The van der Waals surface area contributed by atoms with Crippen molar-refractivity contribution >= 4 is 28.2 Å². The topological polar surface area (TPSA) is 108 Å². The highest BCUT2D eigenvalue weighted by Gasteiger charge is 2.32. The second-order valence-corrected chi connectivity index (χ2v) is 9.39. The number of amides is 1. The summed E-state index contributed by atoms with van der Waals surface area (Å²) in [6.45, 7) is 8.28. The first-order valence-corrected chi connectivity index (χ1v) is 10.0. The lowest BCUT2D eigenvalue weighted by Crippen LogP contribution is -2.26. The molecule has 0 fully saturated rings. The van der Waals surface area contributed by atoms with E-state index >= 15 is 0 Å². The Balaban J connectivity index is 1.78. The lowest BCUT2D eigenvalue weighted by Gasteiger charge is -2.33. The first kappa shape index (κ1) is 20.1. The van der Waals surface area contributed by atoms with Crippen LogP contribution in [0.15, 0.2) is 6.33 Å². The van der Waals surface area contributed by atoms with E-state index in [1.54, 1.807) is 6.92 Å². The number of nitriles is 1. The van der Waals surface area contributed by atoms with Crippen LogP contribution >= 0.6 is 11.3 Å². The number of fused-ring (bicyclic) bond motifs is 1. The summed E-state index contributed by atoms with van der Waals surface area (Å²) in [5.41, 5.74) is 2.19. The zero-order valence-corrected chi connectivity index (χ0v) is 17.3. The van der Waals surface area contributed by atoms with Crippen LogP contribution in [0.2, 0.25) is 0 Å². The molecule has 0 spiro atoms. The average Bonchev–Trinajstić information content (AvgIpc) is 3.13. The van der Waals surface area contributed by atoms with Crippen molar-refractivity contribution in [3.05, 3.63) is 33.7 Å². The van der Waals surface area contributed by atoms with Crippen LogP contribution in [0.3, 0.4) is 0 Å². The van der Waals surface area contributed by atoms with Crippen molar-refractivity contribution in [2.24, 2.45) is 11.3 Å². The van der Waals surface area contributed by atoms with E-state index in [4.69, 9.17) is 5.11 Å². The van der Waals surface area contributed by atoms with Crippen molar-refractivity contribution in [3.63, 3.8) is 0 Å². The van der Waals surface area contributed by atoms with Crippen molar-refractivity contribution in [3.8, 4) is 6.07 Å². The van der Waals surface area contributed by atoms with Gasteiger partial charge in [0.15, 0.2) is 5.69 Å². The molecule has 2 heterocycles. The maximum absolute atomic E-state index is 12.5. The number of nitrogens with zero attached hydrogens (tertiary/aromatic N) is 3. The van der Waals surface area contributed by atoms with Gasteiger partial charge in [-0.25, -0.2) is 9.78 Å². The molecule has 3 rings (SSSR count).